The number of rotatable bonds is 3. The van der Waals surface area contributed by atoms with Gasteiger partial charge in [-0.3, -0.25) is 5.32 Å². The van der Waals surface area contributed by atoms with Gasteiger partial charge in [0.1, 0.15) is 6.23 Å². The SMILES string of the molecule is CN/C(C)=C\C(O)NC. The van der Waals surface area contributed by atoms with E-state index in [4.69, 9.17) is 5.11 Å². The van der Waals surface area contributed by atoms with Crippen LogP contribution in [0.4, 0.5) is 0 Å². The van der Waals surface area contributed by atoms with Crippen molar-refractivity contribution in [3.8, 4) is 0 Å². The van der Waals surface area contributed by atoms with E-state index in [1.165, 1.54) is 0 Å². The molecule has 0 saturated carbocycles. The third-order valence-electron chi connectivity index (χ3n) is 1.10. The Morgan fingerprint density at radius 1 is 1.56 bits per heavy atom. The maximum absolute atomic E-state index is 8.93. The normalized spacial score (nSPS) is 15.3. The minimum atomic E-state index is -0.544. The van der Waals surface area contributed by atoms with Crippen molar-refractivity contribution in [3.63, 3.8) is 0 Å². The number of allylic oxidation sites excluding steroid dienone is 1. The highest BCUT2D eigenvalue weighted by Gasteiger charge is 1.91. The molecule has 3 heteroatoms. The first-order valence-electron chi connectivity index (χ1n) is 2.92. The predicted molar refractivity (Wildman–Crippen MR) is 37.9 cm³/mol. The maximum atomic E-state index is 8.93. The van der Waals surface area contributed by atoms with Gasteiger partial charge in [-0.15, -0.1) is 0 Å². The van der Waals surface area contributed by atoms with Gasteiger partial charge in [-0.2, -0.15) is 0 Å². The molecule has 0 amide bonds. The number of likely N-dealkylation sites (N-methyl/N-ethyl adjacent to an activating group) is 1. The standard InChI is InChI=1S/C6H14N2O/c1-5(7-2)4-6(9)8-3/h4,6-9H,1-3H3/b5-4-. The van der Waals surface area contributed by atoms with Crippen LogP contribution in [0.25, 0.3) is 0 Å². The second-order valence-electron chi connectivity index (χ2n) is 1.83. The highest BCUT2D eigenvalue weighted by Crippen LogP contribution is 1.86. The summed E-state index contributed by atoms with van der Waals surface area (Å²) in [5.74, 6) is 0. The van der Waals surface area contributed by atoms with Gasteiger partial charge in [-0.05, 0) is 20.0 Å². The minimum Gasteiger partial charge on any atom is -0.392 e. The summed E-state index contributed by atoms with van der Waals surface area (Å²) in [5.41, 5.74) is 0.955. The highest BCUT2D eigenvalue weighted by molar-refractivity contribution is 4.97. The maximum Gasteiger partial charge on any atom is 0.125 e. The molecule has 54 valence electrons. The average Bonchev–Trinajstić information content (AvgIpc) is 1.87. The Bertz CT molecular complexity index is 101. The molecule has 0 rings (SSSR count). The van der Waals surface area contributed by atoms with Gasteiger partial charge in [0.05, 0.1) is 0 Å². The van der Waals surface area contributed by atoms with Crippen LogP contribution in [-0.2, 0) is 0 Å². The summed E-state index contributed by atoms with van der Waals surface area (Å²) in [6.07, 6.45) is 1.15. The Morgan fingerprint density at radius 3 is 2.44 bits per heavy atom. The molecule has 3 nitrogen and oxygen atoms in total. The van der Waals surface area contributed by atoms with Crippen molar-refractivity contribution >= 4 is 0 Å². The number of aliphatic hydroxyl groups is 1. The lowest BCUT2D eigenvalue weighted by molar-refractivity contribution is 0.194. The minimum absolute atomic E-state index is 0.544. The molecular formula is C6H14N2O. The molecule has 3 N–H and O–H groups in total. The Balaban J connectivity index is 3.64. The number of hydrogen-bond acceptors (Lipinski definition) is 3. The Hall–Kier alpha value is -0.540. The van der Waals surface area contributed by atoms with E-state index in [2.05, 4.69) is 10.6 Å². The fraction of sp³-hybridized carbons (Fsp3) is 0.667. The van der Waals surface area contributed by atoms with Crippen molar-refractivity contribution < 1.29 is 5.11 Å². The Labute approximate surface area is 55.8 Å². The van der Waals surface area contributed by atoms with Crippen LogP contribution in [0.3, 0.4) is 0 Å². The summed E-state index contributed by atoms with van der Waals surface area (Å²) < 4.78 is 0. The van der Waals surface area contributed by atoms with Crippen LogP contribution in [0.15, 0.2) is 11.8 Å². The lowest BCUT2D eigenvalue weighted by Gasteiger charge is -2.04. The monoisotopic (exact) mass is 130 g/mol. The van der Waals surface area contributed by atoms with E-state index in [1.54, 1.807) is 13.1 Å². The molecule has 0 fully saturated rings. The molecule has 0 spiro atoms. The smallest absolute Gasteiger partial charge is 0.125 e. The molecule has 9 heavy (non-hydrogen) atoms. The van der Waals surface area contributed by atoms with E-state index >= 15 is 0 Å². The van der Waals surface area contributed by atoms with Crippen molar-refractivity contribution in [2.45, 2.75) is 13.2 Å². The van der Waals surface area contributed by atoms with E-state index < -0.39 is 6.23 Å². The Morgan fingerprint density at radius 2 is 2.11 bits per heavy atom. The van der Waals surface area contributed by atoms with Gasteiger partial charge >= 0.3 is 0 Å². The molecule has 0 aromatic rings. The van der Waals surface area contributed by atoms with Crippen molar-refractivity contribution in [1.82, 2.24) is 10.6 Å². The third kappa shape index (κ3) is 4.00. The highest BCUT2D eigenvalue weighted by atomic mass is 16.3. The molecule has 0 radical (unpaired) electrons. The van der Waals surface area contributed by atoms with E-state index in [0.29, 0.717) is 0 Å². The first-order valence-corrected chi connectivity index (χ1v) is 2.92. The van der Waals surface area contributed by atoms with E-state index in [0.717, 1.165) is 5.70 Å². The molecule has 0 aliphatic rings. The van der Waals surface area contributed by atoms with Crippen molar-refractivity contribution in [3.05, 3.63) is 11.8 Å². The lowest BCUT2D eigenvalue weighted by atomic mass is 10.4. The molecule has 0 aromatic carbocycles. The third-order valence-corrected chi connectivity index (χ3v) is 1.10. The molecule has 0 aromatic heterocycles. The topological polar surface area (TPSA) is 44.3 Å². The summed E-state index contributed by atoms with van der Waals surface area (Å²) in [5, 5.41) is 14.5. The van der Waals surface area contributed by atoms with Gasteiger partial charge in [0.2, 0.25) is 0 Å². The zero-order valence-corrected chi connectivity index (χ0v) is 6.10. The van der Waals surface area contributed by atoms with E-state index in [-0.39, 0.29) is 0 Å². The van der Waals surface area contributed by atoms with Gasteiger partial charge in [0, 0.05) is 12.7 Å². The van der Waals surface area contributed by atoms with Crippen LogP contribution in [0.1, 0.15) is 6.92 Å². The molecule has 0 bridgehead atoms. The van der Waals surface area contributed by atoms with Crippen molar-refractivity contribution in [2.24, 2.45) is 0 Å². The van der Waals surface area contributed by atoms with Crippen LogP contribution in [0.2, 0.25) is 0 Å². The number of nitrogens with one attached hydrogen (secondary N) is 2. The quantitative estimate of drug-likeness (QED) is 0.457. The number of hydrogen-bond donors (Lipinski definition) is 3. The zero-order chi connectivity index (χ0) is 7.28. The fourth-order valence-corrected chi connectivity index (χ4v) is 0.403. The second-order valence-corrected chi connectivity index (χ2v) is 1.83. The Kier molecular flexibility index (Phi) is 4.09. The van der Waals surface area contributed by atoms with Crippen LogP contribution in [-0.4, -0.2) is 25.4 Å². The van der Waals surface area contributed by atoms with Gasteiger partial charge in [0.15, 0.2) is 0 Å². The zero-order valence-electron chi connectivity index (χ0n) is 6.10. The average molecular weight is 130 g/mol. The van der Waals surface area contributed by atoms with Crippen molar-refractivity contribution in [2.75, 3.05) is 14.1 Å². The van der Waals surface area contributed by atoms with Crippen LogP contribution in [0, 0.1) is 0 Å². The first kappa shape index (κ1) is 8.46. The van der Waals surface area contributed by atoms with Gasteiger partial charge in [0.25, 0.3) is 0 Å². The van der Waals surface area contributed by atoms with E-state index in [1.807, 2.05) is 14.0 Å². The van der Waals surface area contributed by atoms with Crippen molar-refractivity contribution in [1.29, 1.82) is 0 Å². The van der Waals surface area contributed by atoms with Crippen LogP contribution >= 0.6 is 0 Å². The van der Waals surface area contributed by atoms with E-state index in [9.17, 15) is 0 Å². The molecule has 0 aliphatic carbocycles. The second kappa shape index (κ2) is 4.35. The van der Waals surface area contributed by atoms with Crippen LogP contribution in [0.5, 0.6) is 0 Å². The largest absolute Gasteiger partial charge is 0.392 e. The summed E-state index contributed by atoms with van der Waals surface area (Å²) in [7, 11) is 3.51. The summed E-state index contributed by atoms with van der Waals surface area (Å²) in [6, 6.07) is 0. The summed E-state index contributed by atoms with van der Waals surface area (Å²) >= 11 is 0. The molecule has 1 unspecified atom stereocenters. The summed E-state index contributed by atoms with van der Waals surface area (Å²) in [6.45, 7) is 1.89. The molecule has 0 aliphatic heterocycles. The van der Waals surface area contributed by atoms with Gasteiger partial charge < -0.3 is 10.4 Å². The van der Waals surface area contributed by atoms with Gasteiger partial charge in [-0.1, -0.05) is 0 Å². The fourth-order valence-electron chi connectivity index (χ4n) is 0.403. The van der Waals surface area contributed by atoms with Crippen LogP contribution < -0.4 is 10.6 Å². The molecule has 1 atom stereocenters. The molecule has 0 heterocycles. The molecular weight excluding hydrogens is 116 g/mol. The predicted octanol–water partition coefficient (Wildman–Crippen LogP) is -0.353. The number of aliphatic hydroxyl groups excluding tert-OH is 1. The van der Waals surface area contributed by atoms with Gasteiger partial charge in [-0.25, -0.2) is 0 Å². The molecule has 0 saturated heterocycles. The summed E-state index contributed by atoms with van der Waals surface area (Å²) in [4.78, 5) is 0. The lowest BCUT2D eigenvalue weighted by Crippen LogP contribution is -2.23. The first-order chi connectivity index (χ1) is 4.20.